The Labute approximate surface area is 109 Å². The van der Waals surface area contributed by atoms with Crippen molar-refractivity contribution in [2.24, 2.45) is 0 Å². The molecule has 100 valence electrons. The molecular formula is C10H13ClN2O5. The maximum absolute atomic E-state index is 10.9. The van der Waals surface area contributed by atoms with Crippen LogP contribution in [0.4, 0.5) is 5.69 Å². The van der Waals surface area contributed by atoms with E-state index in [1.807, 2.05) is 0 Å². The Balaban J connectivity index is 0.00000289. The van der Waals surface area contributed by atoms with Crippen molar-refractivity contribution in [3.63, 3.8) is 0 Å². The summed E-state index contributed by atoms with van der Waals surface area (Å²) in [5.41, 5.74) is 1.97. The first-order valence-electron chi connectivity index (χ1n) is 4.78. The molecule has 0 saturated heterocycles. The Hall–Kier alpha value is -1.70. The molecule has 18 heavy (non-hydrogen) atoms. The summed E-state index contributed by atoms with van der Waals surface area (Å²) >= 11 is 0. The fourth-order valence-corrected chi connectivity index (χ4v) is 1.26. The third kappa shape index (κ3) is 3.16. The second-order valence-electron chi connectivity index (χ2n) is 3.97. The number of rotatable bonds is 4. The zero-order valence-electron chi connectivity index (χ0n) is 9.54. The number of hydrogen-bond donors (Lipinski definition) is 3. The van der Waals surface area contributed by atoms with Crippen LogP contribution < -0.4 is 18.1 Å². The lowest BCUT2D eigenvalue weighted by molar-refractivity contribution is -0.476. The Morgan fingerprint density at radius 2 is 1.89 bits per heavy atom. The van der Waals surface area contributed by atoms with E-state index in [4.69, 9.17) is 5.11 Å². The minimum absolute atomic E-state index is 0. The highest BCUT2D eigenvalue weighted by atomic mass is 35.5. The fourth-order valence-electron chi connectivity index (χ4n) is 1.26. The molecular weight excluding hydrogens is 264 g/mol. The number of carboxylic acid groups (broad SMARTS) is 1. The van der Waals surface area contributed by atoms with Crippen molar-refractivity contribution in [3.05, 3.63) is 39.9 Å². The normalized spacial score (nSPS) is 15.1. The molecule has 7 nitrogen and oxygen atoms in total. The number of carboxylic acids is 1. The van der Waals surface area contributed by atoms with E-state index in [-0.39, 0.29) is 23.7 Å². The molecule has 0 saturated carbocycles. The number of carbonyl (C=O) groups is 1. The largest absolute Gasteiger partial charge is 1.00 e. The number of non-ortho nitro benzene ring substituents is 1. The lowest BCUT2D eigenvalue weighted by atomic mass is 9.90. The standard InChI is InChI=1S/C10H12N2O5.ClH/c1-10(11,9(14)15)8(13)6-2-4-7(5-3-6)12(16)17;/h2-5,8,13H,11H2,1H3,(H,14,15);1H. The van der Waals surface area contributed by atoms with Gasteiger partial charge in [-0.05, 0) is 17.7 Å². The molecule has 8 heteroatoms. The van der Waals surface area contributed by atoms with Crippen molar-refractivity contribution in [3.8, 4) is 0 Å². The molecule has 1 rings (SSSR count). The van der Waals surface area contributed by atoms with Crippen molar-refractivity contribution in [1.29, 1.82) is 0 Å². The van der Waals surface area contributed by atoms with Crippen molar-refractivity contribution in [1.82, 2.24) is 0 Å². The maximum Gasteiger partial charge on any atom is 0.368 e. The topological polar surface area (TPSA) is 128 Å². The highest BCUT2D eigenvalue weighted by Crippen LogP contribution is 2.24. The van der Waals surface area contributed by atoms with Gasteiger partial charge in [-0.2, -0.15) is 0 Å². The summed E-state index contributed by atoms with van der Waals surface area (Å²) in [6.07, 6.45) is -1.33. The van der Waals surface area contributed by atoms with Crippen molar-refractivity contribution < 1.29 is 38.1 Å². The van der Waals surface area contributed by atoms with Gasteiger partial charge in [0.1, 0.15) is 6.10 Å². The first kappa shape index (κ1) is 16.3. The molecule has 0 bridgehead atoms. The number of quaternary nitrogens is 1. The van der Waals surface area contributed by atoms with Gasteiger partial charge in [0, 0.05) is 19.1 Å². The lowest BCUT2D eigenvalue weighted by Crippen LogP contribution is -3.00. The van der Waals surface area contributed by atoms with Gasteiger partial charge < -0.3 is 28.4 Å². The number of benzene rings is 1. The first-order chi connectivity index (χ1) is 7.76. The smallest absolute Gasteiger partial charge is 0.368 e. The Morgan fingerprint density at radius 3 is 2.22 bits per heavy atom. The molecule has 0 radical (unpaired) electrons. The molecule has 2 atom stereocenters. The Morgan fingerprint density at radius 1 is 1.44 bits per heavy atom. The number of nitro benzene ring substituents is 1. The molecule has 0 aromatic heterocycles. The zero-order chi connectivity index (χ0) is 13.2. The van der Waals surface area contributed by atoms with Crippen LogP contribution in [0.5, 0.6) is 0 Å². The number of hydrogen-bond acceptors (Lipinski definition) is 4. The van der Waals surface area contributed by atoms with Crippen LogP contribution in [-0.2, 0) is 4.79 Å². The summed E-state index contributed by atoms with van der Waals surface area (Å²) in [6.45, 7) is 1.28. The SMILES string of the molecule is CC([NH3+])(C(=O)O)C(O)c1ccc([N+](=O)[O-])cc1.[Cl-]. The van der Waals surface area contributed by atoms with Gasteiger partial charge in [0.25, 0.3) is 5.69 Å². The van der Waals surface area contributed by atoms with E-state index in [1.165, 1.54) is 31.2 Å². The molecule has 2 unspecified atom stereocenters. The molecule has 0 aliphatic rings. The number of aliphatic hydroxyl groups excluding tert-OH is 1. The molecule has 0 heterocycles. The van der Waals surface area contributed by atoms with Gasteiger partial charge in [-0.25, -0.2) is 4.79 Å². The van der Waals surface area contributed by atoms with Crippen LogP contribution in [-0.4, -0.2) is 26.6 Å². The molecule has 0 aliphatic carbocycles. The van der Waals surface area contributed by atoms with E-state index in [2.05, 4.69) is 5.73 Å². The summed E-state index contributed by atoms with van der Waals surface area (Å²) in [5.74, 6) is -1.25. The third-order valence-corrected chi connectivity index (χ3v) is 2.51. The molecule has 0 aliphatic heterocycles. The lowest BCUT2D eigenvalue weighted by Gasteiger charge is -2.22. The summed E-state index contributed by atoms with van der Waals surface area (Å²) in [4.78, 5) is 20.7. The highest BCUT2D eigenvalue weighted by Gasteiger charge is 2.42. The number of nitrogens with zero attached hydrogens (tertiary/aromatic N) is 1. The van der Waals surface area contributed by atoms with Gasteiger partial charge in [0.05, 0.1) is 4.92 Å². The molecule has 5 N–H and O–H groups in total. The van der Waals surface area contributed by atoms with Crippen molar-refractivity contribution in [2.75, 3.05) is 0 Å². The van der Waals surface area contributed by atoms with Gasteiger partial charge >= 0.3 is 5.97 Å². The summed E-state index contributed by atoms with van der Waals surface area (Å²) < 4.78 is 0. The van der Waals surface area contributed by atoms with Gasteiger partial charge in [-0.3, -0.25) is 10.1 Å². The summed E-state index contributed by atoms with van der Waals surface area (Å²) in [6, 6.07) is 5.04. The van der Waals surface area contributed by atoms with Crippen LogP contribution in [0.3, 0.4) is 0 Å². The van der Waals surface area contributed by atoms with Gasteiger partial charge in [0.2, 0.25) is 5.54 Å². The summed E-state index contributed by atoms with van der Waals surface area (Å²) in [7, 11) is 0. The monoisotopic (exact) mass is 276 g/mol. The number of aliphatic hydroxyl groups is 1. The van der Waals surface area contributed by atoms with Crippen LogP contribution in [0.15, 0.2) is 24.3 Å². The highest BCUT2D eigenvalue weighted by molar-refractivity contribution is 5.77. The Kier molecular flexibility index (Phi) is 5.22. The van der Waals surface area contributed by atoms with Crippen molar-refractivity contribution in [2.45, 2.75) is 18.6 Å². The van der Waals surface area contributed by atoms with Gasteiger partial charge in [-0.1, -0.05) is 0 Å². The quantitative estimate of drug-likeness (QED) is 0.392. The second-order valence-corrected chi connectivity index (χ2v) is 3.97. The van der Waals surface area contributed by atoms with Crippen LogP contribution in [0.1, 0.15) is 18.6 Å². The van der Waals surface area contributed by atoms with Crippen molar-refractivity contribution >= 4 is 11.7 Å². The second kappa shape index (κ2) is 5.76. The Bertz CT molecular complexity index is 446. The number of halogens is 1. The average molecular weight is 277 g/mol. The van der Waals surface area contributed by atoms with E-state index in [1.54, 1.807) is 0 Å². The minimum Gasteiger partial charge on any atom is -1.00 e. The van der Waals surface area contributed by atoms with Gasteiger partial charge in [0.15, 0.2) is 0 Å². The molecule has 0 spiro atoms. The average Bonchev–Trinajstić information content (AvgIpc) is 2.27. The number of nitro groups is 1. The molecule has 1 aromatic carbocycles. The van der Waals surface area contributed by atoms with Gasteiger partial charge in [-0.15, -0.1) is 0 Å². The van der Waals surface area contributed by atoms with Crippen LogP contribution in [0, 0.1) is 10.1 Å². The molecule has 0 amide bonds. The third-order valence-electron chi connectivity index (χ3n) is 2.51. The predicted molar refractivity (Wildman–Crippen MR) is 57.0 cm³/mol. The fraction of sp³-hybridized carbons (Fsp3) is 0.300. The summed E-state index contributed by atoms with van der Waals surface area (Å²) in [5, 5.41) is 29.1. The predicted octanol–water partition coefficient (Wildman–Crippen LogP) is -3.28. The first-order valence-corrected chi connectivity index (χ1v) is 4.78. The van der Waals surface area contributed by atoms with E-state index < -0.39 is 22.5 Å². The van der Waals surface area contributed by atoms with E-state index in [0.29, 0.717) is 0 Å². The maximum atomic E-state index is 10.9. The number of aliphatic carboxylic acids is 1. The van der Waals surface area contributed by atoms with Crippen LogP contribution >= 0.6 is 0 Å². The minimum atomic E-state index is -1.60. The van der Waals surface area contributed by atoms with E-state index >= 15 is 0 Å². The van der Waals surface area contributed by atoms with Crippen LogP contribution in [0.25, 0.3) is 0 Å². The zero-order valence-corrected chi connectivity index (χ0v) is 10.3. The van der Waals surface area contributed by atoms with Crippen LogP contribution in [0.2, 0.25) is 0 Å². The van der Waals surface area contributed by atoms with E-state index in [9.17, 15) is 20.0 Å². The molecule has 1 aromatic rings. The molecule has 0 fully saturated rings. The van der Waals surface area contributed by atoms with E-state index in [0.717, 1.165) is 0 Å².